The number of nitrogen functional groups attached to an aromatic ring is 1. The van der Waals surface area contributed by atoms with E-state index in [1.165, 1.54) is 42.5 Å². The van der Waals surface area contributed by atoms with Gasteiger partial charge < -0.3 is 15.8 Å². The van der Waals surface area contributed by atoms with Crippen molar-refractivity contribution < 1.29 is 13.9 Å². The number of benzene rings is 2. The van der Waals surface area contributed by atoms with E-state index in [4.69, 9.17) is 10.5 Å². The fourth-order valence-electron chi connectivity index (χ4n) is 3.13. The zero-order valence-electron chi connectivity index (χ0n) is 22.6. The van der Waals surface area contributed by atoms with Gasteiger partial charge in [-0.15, -0.1) is 0 Å². The molecular weight excluding hydrogens is 469 g/mol. The SMILES string of the molecule is CC.CCC.Cc1ccc(-c2cnn3c(N)cc(Oc4cccc(F)c4)nc23)cc1C.O=CNC1CC1. The lowest BCUT2D eigenvalue weighted by Crippen LogP contribution is -2.11. The Morgan fingerprint density at radius 2 is 1.81 bits per heavy atom. The lowest BCUT2D eigenvalue weighted by molar-refractivity contribution is -0.109. The summed E-state index contributed by atoms with van der Waals surface area (Å²) in [6.45, 7) is 12.4. The third kappa shape index (κ3) is 8.59. The number of nitrogens with zero attached hydrogens (tertiary/aromatic N) is 3. The van der Waals surface area contributed by atoms with Crippen LogP contribution in [-0.2, 0) is 4.79 Å². The van der Waals surface area contributed by atoms with Gasteiger partial charge in [-0.3, -0.25) is 4.79 Å². The molecule has 0 bridgehead atoms. The van der Waals surface area contributed by atoms with Crippen molar-refractivity contribution in [2.45, 2.75) is 66.8 Å². The van der Waals surface area contributed by atoms with Crippen LogP contribution in [0.25, 0.3) is 16.8 Å². The monoisotopic (exact) mass is 507 g/mol. The van der Waals surface area contributed by atoms with Crippen molar-refractivity contribution in [3.05, 3.63) is 71.7 Å². The number of aryl methyl sites for hydroxylation is 2. The summed E-state index contributed by atoms with van der Waals surface area (Å²) in [6.07, 6.45) is 6.10. The Balaban J connectivity index is 0.000000370. The van der Waals surface area contributed by atoms with Crippen molar-refractivity contribution >= 4 is 17.9 Å². The number of nitrogens with one attached hydrogen (secondary N) is 1. The highest BCUT2D eigenvalue weighted by Gasteiger charge is 2.19. The number of nitrogens with two attached hydrogens (primary N) is 1. The molecule has 1 aliphatic carbocycles. The summed E-state index contributed by atoms with van der Waals surface area (Å²) < 4.78 is 20.6. The fraction of sp³-hybridized carbons (Fsp3) is 0.345. The second-order valence-electron chi connectivity index (χ2n) is 8.44. The highest BCUT2D eigenvalue weighted by molar-refractivity contribution is 5.78. The van der Waals surface area contributed by atoms with E-state index in [2.05, 4.69) is 55.2 Å². The van der Waals surface area contributed by atoms with Crippen LogP contribution in [0.4, 0.5) is 10.2 Å². The summed E-state index contributed by atoms with van der Waals surface area (Å²) in [5, 5.41) is 6.96. The molecule has 0 atom stereocenters. The molecule has 0 aliphatic heterocycles. The molecule has 3 N–H and O–H groups in total. The minimum Gasteiger partial charge on any atom is -0.439 e. The quantitative estimate of drug-likeness (QED) is 0.288. The van der Waals surface area contributed by atoms with Gasteiger partial charge in [-0.2, -0.15) is 14.6 Å². The van der Waals surface area contributed by atoms with E-state index in [0.717, 1.165) is 17.5 Å². The number of hydrogen-bond donors (Lipinski definition) is 2. The molecule has 1 amide bonds. The largest absolute Gasteiger partial charge is 0.439 e. The molecule has 1 fully saturated rings. The maximum Gasteiger partial charge on any atom is 0.224 e. The van der Waals surface area contributed by atoms with Gasteiger partial charge in [0.15, 0.2) is 5.65 Å². The first-order valence-electron chi connectivity index (χ1n) is 12.7. The molecule has 0 unspecified atom stereocenters. The van der Waals surface area contributed by atoms with Gasteiger partial charge in [-0.1, -0.05) is 58.4 Å². The molecule has 2 heterocycles. The number of hydrogen-bond acceptors (Lipinski definition) is 5. The Morgan fingerprint density at radius 3 is 2.38 bits per heavy atom. The number of fused-ring (bicyclic) bond motifs is 1. The van der Waals surface area contributed by atoms with Gasteiger partial charge in [-0.25, -0.2) is 4.39 Å². The van der Waals surface area contributed by atoms with E-state index in [1.54, 1.807) is 28.9 Å². The first kappa shape index (κ1) is 29.3. The molecular formula is C29H38FN5O2. The number of rotatable bonds is 5. The van der Waals surface area contributed by atoms with Gasteiger partial charge >= 0.3 is 0 Å². The van der Waals surface area contributed by atoms with Gasteiger partial charge in [-0.05, 0) is 55.5 Å². The normalized spacial score (nSPS) is 11.6. The lowest BCUT2D eigenvalue weighted by Gasteiger charge is -2.08. The molecule has 2 aromatic heterocycles. The predicted molar refractivity (Wildman–Crippen MR) is 148 cm³/mol. The van der Waals surface area contributed by atoms with E-state index < -0.39 is 0 Å². The first-order valence-corrected chi connectivity index (χ1v) is 12.7. The molecule has 0 spiro atoms. The number of ether oxygens (including phenoxy) is 1. The van der Waals surface area contributed by atoms with Crippen LogP contribution in [0.5, 0.6) is 11.6 Å². The lowest BCUT2D eigenvalue weighted by atomic mass is 10.0. The molecule has 7 nitrogen and oxygen atoms in total. The van der Waals surface area contributed by atoms with E-state index >= 15 is 0 Å². The summed E-state index contributed by atoms with van der Waals surface area (Å²) in [4.78, 5) is 14.1. The van der Waals surface area contributed by atoms with E-state index in [9.17, 15) is 9.18 Å². The molecule has 0 saturated heterocycles. The Hall–Kier alpha value is -3.94. The molecule has 1 aliphatic rings. The average Bonchev–Trinajstić information content (AvgIpc) is 3.59. The Labute approximate surface area is 218 Å². The van der Waals surface area contributed by atoms with Crippen LogP contribution in [0.2, 0.25) is 0 Å². The molecule has 2 aromatic carbocycles. The van der Waals surface area contributed by atoms with Crippen LogP contribution >= 0.6 is 0 Å². The summed E-state index contributed by atoms with van der Waals surface area (Å²) in [7, 11) is 0. The number of anilines is 1. The molecule has 0 radical (unpaired) electrons. The van der Waals surface area contributed by atoms with Crippen molar-refractivity contribution in [2.24, 2.45) is 0 Å². The number of carbonyl (C=O) groups excluding carboxylic acids is 1. The van der Waals surface area contributed by atoms with Crippen molar-refractivity contribution in [1.82, 2.24) is 19.9 Å². The second kappa shape index (κ2) is 14.6. The molecule has 37 heavy (non-hydrogen) atoms. The van der Waals surface area contributed by atoms with Crippen LogP contribution < -0.4 is 15.8 Å². The van der Waals surface area contributed by atoms with Crippen LogP contribution in [0.3, 0.4) is 0 Å². The zero-order valence-corrected chi connectivity index (χ0v) is 22.6. The topological polar surface area (TPSA) is 94.5 Å². The average molecular weight is 508 g/mol. The van der Waals surface area contributed by atoms with Gasteiger partial charge in [0.05, 0.1) is 6.20 Å². The number of aromatic nitrogens is 3. The number of carbonyl (C=O) groups is 1. The standard InChI is InChI=1S/C20H17FN4O.C4H7NO.C3H8.C2H6/c1-12-6-7-14(8-13(12)2)17-11-23-25-18(22)10-19(24-20(17)25)26-16-5-3-4-15(21)9-16;6-3-5-4-1-2-4;1-3-2;1-2/h3-11H,22H2,1-2H3;3-4H,1-2H2,(H,5,6);3H2,1-2H3;1-2H3. The molecule has 5 rings (SSSR count). The number of halogens is 1. The Morgan fingerprint density at radius 1 is 1.11 bits per heavy atom. The minimum atomic E-state index is -0.378. The summed E-state index contributed by atoms with van der Waals surface area (Å²) in [5.74, 6) is 0.646. The van der Waals surface area contributed by atoms with Crippen molar-refractivity contribution in [3.8, 4) is 22.8 Å². The first-order chi connectivity index (χ1) is 17.9. The Kier molecular flexibility index (Phi) is 11.5. The van der Waals surface area contributed by atoms with Crippen LogP contribution in [0.1, 0.15) is 58.1 Å². The molecule has 8 heteroatoms. The molecule has 198 valence electrons. The zero-order chi connectivity index (χ0) is 27.4. The minimum absolute atomic E-state index is 0.284. The Bertz CT molecular complexity index is 1280. The molecule has 1 saturated carbocycles. The third-order valence-corrected chi connectivity index (χ3v) is 5.19. The van der Waals surface area contributed by atoms with Crippen molar-refractivity contribution in [2.75, 3.05) is 5.73 Å². The van der Waals surface area contributed by atoms with Crippen molar-refractivity contribution in [3.63, 3.8) is 0 Å². The maximum absolute atomic E-state index is 13.4. The van der Waals surface area contributed by atoms with Gasteiger partial charge in [0.25, 0.3) is 0 Å². The maximum atomic E-state index is 13.4. The van der Waals surface area contributed by atoms with E-state index in [0.29, 0.717) is 23.3 Å². The van der Waals surface area contributed by atoms with Crippen molar-refractivity contribution in [1.29, 1.82) is 0 Å². The smallest absolute Gasteiger partial charge is 0.224 e. The van der Waals surface area contributed by atoms with Gasteiger partial charge in [0.1, 0.15) is 17.4 Å². The van der Waals surface area contributed by atoms with E-state index in [1.807, 2.05) is 19.9 Å². The van der Waals surface area contributed by atoms with Crippen LogP contribution in [-0.4, -0.2) is 27.0 Å². The highest BCUT2D eigenvalue weighted by atomic mass is 19.1. The summed E-state index contributed by atoms with van der Waals surface area (Å²) >= 11 is 0. The van der Waals surface area contributed by atoms with Crippen LogP contribution in [0, 0.1) is 19.7 Å². The van der Waals surface area contributed by atoms with Gasteiger partial charge in [0.2, 0.25) is 12.3 Å². The van der Waals surface area contributed by atoms with Crippen LogP contribution in [0.15, 0.2) is 54.7 Å². The van der Waals surface area contributed by atoms with E-state index in [-0.39, 0.29) is 11.7 Å². The summed E-state index contributed by atoms with van der Waals surface area (Å²) in [5.41, 5.74) is 10.9. The third-order valence-electron chi connectivity index (χ3n) is 5.19. The molecule has 4 aromatic rings. The highest BCUT2D eigenvalue weighted by Crippen LogP contribution is 2.29. The van der Waals surface area contributed by atoms with Gasteiger partial charge in [0, 0.05) is 23.7 Å². The summed E-state index contributed by atoms with van der Waals surface area (Å²) in [6, 6.07) is 14.1. The number of amides is 1. The predicted octanol–water partition coefficient (Wildman–Crippen LogP) is 6.86. The second-order valence-corrected chi connectivity index (χ2v) is 8.44. The fourth-order valence-corrected chi connectivity index (χ4v) is 3.13.